The first-order chi connectivity index (χ1) is 11.7. The van der Waals surface area contributed by atoms with Gasteiger partial charge in [-0.2, -0.15) is 5.10 Å². The van der Waals surface area contributed by atoms with Gasteiger partial charge in [0, 0.05) is 30.7 Å². The first-order valence-corrected chi connectivity index (χ1v) is 8.58. The largest absolute Gasteiger partial charge is 0.346 e. The Kier molecular flexibility index (Phi) is 5.07. The molecule has 0 fully saturated rings. The number of aromatic nitrogens is 5. The van der Waals surface area contributed by atoms with Crippen molar-refractivity contribution >= 4 is 29.3 Å². The van der Waals surface area contributed by atoms with Crippen molar-refractivity contribution in [1.29, 1.82) is 0 Å². The zero-order valence-corrected chi connectivity index (χ0v) is 14.3. The Bertz CT molecular complexity index is 855. The van der Waals surface area contributed by atoms with E-state index in [1.807, 2.05) is 18.4 Å². The van der Waals surface area contributed by atoms with Gasteiger partial charge in [-0.15, -0.1) is 0 Å². The van der Waals surface area contributed by atoms with E-state index in [1.165, 1.54) is 18.0 Å². The van der Waals surface area contributed by atoms with E-state index >= 15 is 0 Å². The van der Waals surface area contributed by atoms with Crippen LogP contribution >= 0.6 is 23.4 Å². The van der Waals surface area contributed by atoms with Crippen LogP contribution in [0.1, 0.15) is 16.1 Å². The van der Waals surface area contributed by atoms with Crippen molar-refractivity contribution in [3.05, 3.63) is 59.3 Å². The fraction of sp³-hybridized carbons (Fsp3) is 0.133. The molecule has 0 saturated carbocycles. The van der Waals surface area contributed by atoms with Crippen molar-refractivity contribution in [3.63, 3.8) is 0 Å². The summed E-state index contributed by atoms with van der Waals surface area (Å²) in [6.07, 6.45) is 8.39. The molecule has 3 heterocycles. The molecule has 0 aliphatic rings. The molecule has 0 aliphatic heterocycles. The van der Waals surface area contributed by atoms with Gasteiger partial charge in [0.05, 0.1) is 11.2 Å². The van der Waals surface area contributed by atoms with E-state index in [9.17, 15) is 4.79 Å². The summed E-state index contributed by atoms with van der Waals surface area (Å²) in [5, 5.41) is 7.67. The SMILES string of the molecule is CSc1ncc(Cl)c(C(=O)NCc2cccnc2-n2cccn2)n1. The average molecular weight is 361 g/mol. The molecular formula is C15H13ClN6OS. The molecule has 0 unspecified atom stereocenters. The number of rotatable bonds is 5. The van der Waals surface area contributed by atoms with Crippen LogP contribution in [0, 0.1) is 0 Å². The molecule has 3 rings (SSSR count). The van der Waals surface area contributed by atoms with Gasteiger partial charge in [-0.3, -0.25) is 4.79 Å². The van der Waals surface area contributed by atoms with Crippen LogP contribution in [0.5, 0.6) is 0 Å². The maximum absolute atomic E-state index is 12.4. The predicted molar refractivity (Wildman–Crippen MR) is 91.4 cm³/mol. The normalized spacial score (nSPS) is 10.6. The van der Waals surface area contributed by atoms with Crippen molar-refractivity contribution in [2.24, 2.45) is 0 Å². The second-order valence-corrected chi connectivity index (χ2v) is 5.85. The van der Waals surface area contributed by atoms with Crippen LogP contribution < -0.4 is 5.32 Å². The van der Waals surface area contributed by atoms with E-state index in [4.69, 9.17) is 11.6 Å². The topological polar surface area (TPSA) is 85.6 Å². The molecule has 24 heavy (non-hydrogen) atoms. The van der Waals surface area contributed by atoms with Crippen LogP contribution in [-0.4, -0.2) is 36.9 Å². The second kappa shape index (κ2) is 7.41. The van der Waals surface area contributed by atoms with Crippen LogP contribution in [0.4, 0.5) is 0 Å². The Labute approximate surface area is 147 Å². The number of hydrogen-bond acceptors (Lipinski definition) is 6. The molecule has 9 heteroatoms. The van der Waals surface area contributed by atoms with Gasteiger partial charge in [-0.1, -0.05) is 29.4 Å². The molecule has 0 atom stereocenters. The van der Waals surface area contributed by atoms with Crippen molar-refractivity contribution in [2.45, 2.75) is 11.7 Å². The van der Waals surface area contributed by atoms with Crippen molar-refractivity contribution in [1.82, 2.24) is 30.0 Å². The maximum atomic E-state index is 12.4. The zero-order chi connectivity index (χ0) is 16.9. The van der Waals surface area contributed by atoms with E-state index in [1.54, 1.807) is 29.3 Å². The van der Waals surface area contributed by atoms with Crippen LogP contribution in [-0.2, 0) is 6.54 Å². The minimum absolute atomic E-state index is 0.153. The highest BCUT2D eigenvalue weighted by Gasteiger charge is 2.15. The molecule has 0 bridgehead atoms. The van der Waals surface area contributed by atoms with E-state index in [0.29, 0.717) is 11.0 Å². The van der Waals surface area contributed by atoms with Gasteiger partial charge in [0.1, 0.15) is 0 Å². The third-order valence-electron chi connectivity index (χ3n) is 3.15. The highest BCUT2D eigenvalue weighted by Crippen LogP contribution is 2.17. The highest BCUT2D eigenvalue weighted by molar-refractivity contribution is 7.98. The van der Waals surface area contributed by atoms with Crippen LogP contribution in [0.15, 0.2) is 48.1 Å². The molecular weight excluding hydrogens is 348 g/mol. The Balaban J connectivity index is 1.78. The number of carbonyl (C=O) groups excluding carboxylic acids is 1. The molecule has 1 N–H and O–H groups in total. The third-order valence-corrected chi connectivity index (χ3v) is 3.99. The molecule has 1 amide bonds. The summed E-state index contributed by atoms with van der Waals surface area (Å²) in [5.74, 6) is 0.286. The molecule has 0 radical (unpaired) electrons. The fourth-order valence-electron chi connectivity index (χ4n) is 2.04. The molecule has 7 nitrogen and oxygen atoms in total. The molecule has 0 saturated heterocycles. The van der Waals surface area contributed by atoms with Crippen LogP contribution in [0.25, 0.3) is 5.82 Å². The minimum Gasteiger partial charge on any atom is -0.346 e. The Morgan fingerprint density at radius 1 is 1.33 bits per heavy atom. The van der Waals surface area contributed by atoms with Crippen LogP contribution in [0.3, 0.4) is 0 Å². The molecule has 3 aromatic rings. The first-order valence-electron chi connectivity index (χ1n) is 6.97. The summed E-state index contributed by atoms with van der Waals surface area (Å²) in [5.41, 5.74) is 0.977. The average Bonchev–Trinajstić information content (AvgIpc) is 3.15. The number of halogens is 1. The number of nitrogens with zero attached hydrogens (tertiary/aromatic N) is 5. The van der Waals surface area contributed by atoms with Crippen molar-refractivity contribution < 1.29 is 4.79 Å². The van der Waals surface area contributed by atoms with E-state index in [-0.39, 0.29) is 23.2 Å². The summed E-state index contributed by atoms with van der Waals surface area (Å²) in [6.45, 7) is 0.275. The van der Waals surface area contributed by atoms with E-state index in [2.05, 4.69) is 25.4 Å². The number of pyridine rings is 1. The minimum atomic E-state index is -0.368. The number of carbonyl (C=O) groups is 1. The summed E-state index contributed by atoms with van der Waals surface area (Å²) in [4.78, 5) is 24.9. The summed E-state index contributed by atoms with van der Waals surface area (Å²) in [7, 11) is 0. The summed E-state index contributed by atoms with van der Waals surface area (Å²) in [6, 6.07) is 5.48. The zero-order valence-electron chi connectivity index (χ0n) is 12.7. The van der Waals surface area contributed by atoms with Gasteiger partial charge in [0.2, 0.25) is 0 Å². The van der Waals surface area contributed by atoms with Crippen molar-refractivity contribution in [2.75, 3.05) is 6.26 Å². The lowest BCUT2D eigenvalue weighted by molar-refractivity contribution is 0.0945. The highest BCUT2D eigenvalue weighted by atomic mass is 35.5. The molecule has 0 spiro atoms. The van der Waals surface area contributed by atoms with Gasteiger partial charge < -0.3 is 5.32 Å². The second-order valence-electron chi connectivity index (χ2n) is 4.67. The Hall–Kier alpha value is -2.45. The monoisotopic (exact) mass is 360 g/mol. The fourth-order valence-corrected chi connectivity index (χ4v) is 2.55. The molecule has 122 valence electrons. The van der Waals surface area contributed by atoms with Gasteiger partial charge in [-0.05, 0) is 18.4 Å². The van der Waals surface area contributed by atoms with Gasteiger partial charge in [0.15, 0.2) is 16.7 Å². The predicted octanol–water partition coefficient (Wildman–Crippen LogP) is 2.36. The van der Waals surface area contributed by atoms with Crippen LogP contribution in [0.2, 0.25) is 5.02 Å². The van der Waals surface area contributed by atoms with Gasteiger partial charge in [-0.25, -0.2) is 19.6 Å². The number of amides is 1. The lowest BCUT2D eigenvalue weighted by atomic mass is 10.2. The molecule has 0 aromatic carbocycles. The quantitative estimate of drug-likeness (QED) is 0.555. The Morgan fingerprint density at radius 2 is 2.21 bits per heavy atom. The summed E-state index contributed by atoms with van der Waals surface area (Å²) < 4.78 is 1.64. The maximum Gasteiger partial charge on any atom is 0.271 e. The van der Waals surface area contributed by atoms with E-state index in [0.717, 1.165) is 5.56 Å². The van der Waals surface area contributed by atoms with Crippen molar-refractivity contribution in [3.8, 4) is 5.82 Å². The van der Waals surface area contributed by atoms with Gasteiger partial charge >= 0.3 is 0 Å². The first kappa shape index (κ1) is 16.4. The number of hydrogen-bond donors (Lipinski definition) is 1. The third kappa shape index (κ3) is 3.55. The summed E-state index contributed by atoms with van der Waals surface area (Å²) >= 11 is 7.36. The number of thioether (sulfide) groups is 1. The van der Waals surface area contributed by atoms with Gasteiger partial charge in [0.25, 0.3) is 5.91 Å². The lowest BCUT2D eigenvalue weighted by Crippen LogP contribution is -2.25. The Morgan fingerprint density at radius 3 is 2.96 bits per heavy atom. The molecule has 0 aliphatic carbocycles. The number of nitrogens with one attached hydrogen (secondary N) is 1. The van der Waals surface area contributed by atoms with E-state index < -0.39 is 0 Å². The smallest absolute Gasteiger partial charge is 0.271 e. The lowest BCUT2D eigenvalue weighted by Gasteiger charge is -2.10. The standard InChI is InChI=1S/C15H13ClN6OS/c1-24-15-19-9-11(16)12(21-15)14(23)18-8-10-4-2-5-17-13(10)22-7-3-6-20-22/h2-7,9H,8H2,1H3,(H,18,23). The molecule has 3 aromatic heterocycles.